The van der Waals surface area contributed by atoms with Gasteiger partial charge in [-0.05, 0) is 31.2 Å². The van der Waals surface area contributed by atoms with Gasteiger partial charge in [0.1, 0.15) is 0 Å². The molecule has 0 fully saturated rings. The van der Waals surface area contributed by atoms with Gasteiger partial charge in [0.25, 0.3) is 15.0 Å². The minimum atomic E-state index is -3.72. The molecule has 1 aromatic rings. The molecule has 4 nitrogen and oxygen atoms in total. The van der Waals surface area contributed by atoms with Crippen molar-refractivity contribution in [2.45, 2.75) is 11.8 Å². The first kappa shape index (κ1) is 12.0. The first-order chi connectivity index (χ1) is 6.95. The standard InChI is InChI=1S/C9H10ClNO3S/c1-2-11-9(12)7-3-5-8(6-4-7)15(10,13)14/h3-6H,2H2,1H3,(H,11,12). The highest BCUT2D eigenvalue weighted by Crippen LogP contribution is 2.15. The molecule has 1 amide bonds. The summed E-state index contributed by atoms with van der Waals surface area (Å²) in [5.74, 6) is -0.240. The maximum atomic E-state index is 11.3. The maximum Gasteiger partial charge on any atom is 0.261 e. The number of nitrogens with one attached hydrogen (secondary N) is 1. The van der Waals surface area contributed by atoms with Crippen molar-refractivity contribution in [3.8, 4) is 0 Å². The molecular weight excluding hydrogens is 238 g/mol. The van der Waals surface area contributed by atoms with Crippen LogP contribution >= 0.6 is 10.7 Å². The molecule has 0 saturated heterocycles. The molecular formula is C9H10ClNO3S. The van der Waals surface area contributed by atoms with Crippen LogP contribution in [0.3, 0.4) is 0 Å². The van der Waals surface area contributed by atoms with Gasteiger partial charge >= 0.3 is 0 Å². The molecule has 0 aromatic heterocycles. The molecule has 0 atom stereocenters. The summed E-state index contributed by atoms with van der Waals surface area (Å²) in [6.07, 6.45) is 0. The Balaban J connectivity index is 2.96. The summed E-state index contributed by atoms with van der Waals surface area (Å²) in [7, 11) is 1.41. The second kappa shape index (κ2) is 4.63. The lowest BCUT2D eigenvalue weighted by atomic mass is 10.2. The van der Waals surface area contributed by atoms with Crippen LogP contribution in [-0.4, -0.2) is 20.9 Å². The van der Waals surface area contributed by atoms with Crippen LogP contribution in [0.4, 0.5) is 0 Å². The van der Waals surface area contributed by atoms with E-state index in [1.54, 1.807) is 6.92 Å². The maximum absolute atomic E-state index is 11.3. The highest BCUT2D eigenvalue weighted by atomic mass is 35.7. The third-order valence-electron chi connectivity index (χ3n) is 1.74. The first-order valence-electron chi connectivity index (χ1n) is 4.28. The Morgan fingerprint density at radius 2 is 1.87 bits per heavy atom. The van der Waals surface area contributed by atoms with Crippen molar-refractivity contribution in [2.24, 2.45) is 0 Å². The highest BCUT2D eigenvalue weighted by molar-refractivity contribution is 8.13. The van der Waals surface area contributed by atoms with E-state index in [9.17, 15) is 13.2 Å². The van der Waals surface area contributed by atoms with E-state index in [2.05, 4.69) is 5.32 Å². The Morgan fingerprint density at radius 3 is 2.27 bits per heavy atom. The highest BCUT2D eigenvalue weighted by Gasteiger charge is 2.10. The first-order valence-corrected chi connectivity index (χ1v) is 6.59. The average molecular weight is 248 g/mol. The van der Waals surface area contributed by atoms with Crippen molar-refractivity contribution in [3.63, 3.8) is 0 Å². The zero-order chi connectivity index (χ0) is 11.5. The van der Waals surface area contributed by atoms with Gasteiger partial charge in [-0.1, -0.05) is 0 Å². The Hall–Kier alpha value is -1.07. The number of carbonyl (C=O) groups excluding carboxylic acids is 1. The van der Waals surface area contributed by atoms with E-state index in [0.717, 1.165) is 0 Å². The summed E-state index contributed by atoms with van der Waals surface area (Å²) in [5.41, 5.74) is 0.404. The van der Waals surface area contributed by atoms with E-state index in [-0.39, 0.29) is 10.8 Å². The molecule has 1 N–H and O–H groups in total. The summed E-state index contributed by atoms with van der Waals surface area (Å²) >= 11 is 0. The van der Waals surface area contributed by atoms with Crippen LogP contribution < -0.4 is 5.32 Å². The molecule has 0 radical (unpaired) electrons. The molecule has 0 bridgehead atoms. The van der Waals surface area contributed by atoms with Crippen LogP contribution in [0.5, 0.6) is 0 Å². The van der Waals surface area contributed by atoms with Crippen molar-refractivity contribution in [1.29, 1.82) is 0 Å². The summed E-state index contributed by atoms with van der Waals surface area (Å²) in [5, 5.41) is 2.60. The number of hydrogen-bond acceptors (Lipinski definition) is 3. The van der Waals surface area contributed by atoms with Crippen molar-refractivity contribution in [1.82, 2.24) is 5.32 Å². The van der Waals surface area contributed by atoms with Crippen LogP contribution in [0.2, 0.25) is 0 Å². The van der Waals surface area contributed by atoms with Gasteiger partial charge in [0.05, 0.1) is 4.90 Å². The van der Waals surface area contributed by atoms with Gasteiger partial charge in [-0.15, -0.1) is 0 Å². The molecule has 0 spiro atoms. The van der Waals surface area contributed by atoms with E-state index in [4.69, 9.17) is 10.7 Å². The normalized spacial score (nSPS) is 11.1. The number of amides is 1. The molecule has 0 unspecified atom stereocenters. The lowest BCUT2D eigenvalue weighted by Crippen LogP contribution is -2.22. The minimum absolute atomic E-state index is 0.0165. The van der Waals surface area contributed by atoms with Crippen LogP contribution in [0.25, 0.3) is 0 Å². The second-order valence-electron chi connectivity index (χ2n) is 2.82. The van der Waals surface area contributed by atoms with Gasteiger partial charge in [-0.3, -0.25) is 4.79 Å². The lowest BCUT2D eigenvalue weighted by molar-refractivity contribution is 0.0955. The molecule has 82 valence electrons. The number of benzene rings is 1. The Bertz CT molecular complexity index is 453. The number of carbonyl (C=O) groups is 1. The van der Waals surface area contributed by atoms with Gasteiger partial charge in [0.15, 0.2) is 0 Å². The minimum Gasteiger partial charge on any atom is -0.352 e. The van der Waals surface area contributed by atoms with Crippen molar-refractivity contribution in [3.05, 3.63) is 29.8 Å². The molecule has 0 saturated carbocycles. The predicted octanol–water partition coefficient (Wildman–Crippen LogP) is 1.36. The number of halogens is 1. The quantitative estimate of drug-likeness (QED) is 0.821. The fourth-order valence-electron chi connectivity index (χ4n) is 1.03. The zero-order valence-corrected chi connectivity index (χ0v) is 9.60. The van der Waals surface area contributed by atoms with E-state index < -0.39 is 9.05 Å². The molecule has 1 aromatic carbocycles. The van der Waals surface area contributed by atoms with Crippen molar-refractivity contribution >= 4 is 25.6 Å². The zero-order valence-electron chi connectivity index (χ0n) is 8.03. The molecule has 0 heterocycles. The van der Waals surface area contributed by atoms with Crippen LogP contribution in [0.1, 0.15) is 17.3 Å². The third kappa shape index (κ3) is 3.21. The average Bonchev–Trinajstić information content (AvgIpc) is 2.17. The fraction of sp³-hybridized carbons (Fsp3) is 0.222. The molecule has 15 heavy (non-hydrogen) atoms. The Kier molecular flexibility index (Phi) is 3.71. The van der Waals surface area contributed by atoms with Gasteiger partial charge in [0.2, 0.25) is 0 Å². The predicted molar refractivity (Wildman–Crippen MR) is 57.5 cm³/mol. The fourth-order valence-corrected chi connectivity index (χ4v) is 1.80. The molecule has 0 aliphatic rings. The lowest BCUT2D eigenvalue weighted by Gasteiger charge is -2.02. The van der Waals surface area contributed by atoms with Crippen molar-refractivity contribution in [2.75, 3.05) is 6.54 Å². The topological polar surface area (TPSA) is 63.2 Å². The second-order valence-corrected chi connectivity index (χ2v) is 5.39. The molecule has 1 rings (SSSR count). The third-order valence-corrected chi connectivity index (χ3v) is 3.11. The largest absolute Gasteiger partial charge is 0.352 e. The van der Waals surface area contributed by atoms with E-state index in [1.165, 1.54) is 24.3 Å². The smallest absolute Gasteiger partial charge is 0.261 e. The Labute approximate surface area is 92.7 Å². The van der Waals surface area contributed by atoms with E-state index in [1.807, 2.05) is 0 Å². The molecule has 6 heteroatoms. The van der Waals surface area contributed by atoms with Crippen LogP contribution in [-0.2, 0) is 9.05 Å². The van der Waals surface area contributed by atoms with Crippen molar-refractivity contribution < 1.29 is 13.2 Å². The molecule has 0 aliphatic heterocycles. The van der Waals surface area contributed by atoms with E-state index in [0.29, 0.717) is 12.1 Å². The van der Waals surface area contributed by atoms with Crippen LogP contribution in [0, 0.1) is 0 Å². The summed E-state index contributed by atoms with van der Waals surface area (Å²) in [6, 6.07) is 5.43. The number of rotatable bonds is 3. The summed E-state index contributed by atoms with van der Waals surface area (Å²) < 4.78 is 21.8. The van der Waals surface area contributed by atoms with Gasteiger partial charge < -0.3 is 5.32 Å². The van der Waals surface area contributed by atoms with Crippen LogP contribution in [0.15, 0.2) is 29.2 Å². The molecule has 0 aliphatic carbocycles. The van der Waals surface area contributed by atoms with E-state index >= 15 is 0 Å². The summed E-state index contributed by atoms with van der Waals surface area (Å²) in [6.45, 7) is 2.32. The SMILES string of the molecule is CCNC(=O)c1ccc(S(=O)(=O)Cl)cc1. The van der Waals surface area contributed by atoms with Gasteiger partial charge in [0, 0.05) is 22.8 Å². The summed E-state index contributed by atoms with van der Waals surface area (Å²) in [4.78, 5) is 11.3. The van der Waals surface area contributed by atoms with Gasteiger partial charge in [-0.2, -0.15) is 0 Å². The number of hydrogen-bond donors (Lipinski definition) is 1. The Morgan fingerprint density at radius 1 is 1.33 bits per heavy atom. The van der Waals surface area contributed by atoms with Gasteiger partial charge in [-0.25, -0.2) is 8.42 Å². The monoisotopic (exact) mass is 247 g/mol.